The van der Waals surface area contributed by atoms with Crippen LogP contribution in [-0.2, 0) is 9.53 Å². The summed E-state index contributed by atoms with van der Waals surface area (Å²) in [5, 5.41) is 50.5. The molecule has 1 aromatic carbocycles. The monoisotopic (exact) mass is 370 g/mol. The van der Waals surface area contributed by atoms with Crippen molar-refractivity contribution in [2.45, 2.75) is 43.1 Å². The molecular formula is C16H22N2O8. The molecule has 10 heteroatoms. The molecule has 144 valence electrons. The van der Waals surface area contributed by atoms with E-state index < -0.39 is 61.5 Å². The van der Waals surface area contributed by atoms with E-state index in [4.69, 9.17) is 15.6 Å². The number of hydrogen-bond donors (Lipinski definition) is 7. The molecule has 0 amide bonds. The standard InChI is InChI=1S/C16H22N2O8/c17-8(16(24)25)5-10(20)7-3-1-2-4-9(7)18-15-14(23)13(22)12(21)11(6-19)26-15/h1-4,8,11-15,18-19,21-23H,5-6,17H2,(H,24,25)/t8?,11-,12-,13-,14-,15?/m1/s1. The lowest BCUT2D eigenvalue weighted by atomic mass is 9.97. The number of aliphatic carboxylic acids is 1. The van der Waals surface area contributed by atoms with Crippen molar-refractivity contribution in [2.75, 3.05) is 11.9 Å². The van der Waals surface area contributed by atoms with Gasteiger partial charge in [0.1, 0.15) is 30.5 Å². The number of nitrogens with two attached hydrogens (primary N) is 1. The molecule has 0 aliphatic carbocycles. The highest BCUT2D eigenvalue weighted by atomic mass is 16.6. The van der Waals surface area contributed by atoms with Crippen molar-refractivity contribution in [3.05, 3.63) is 29.8 Å². The third kappa shape index (κ3) is 4.36. The normalized spacial score (nSPS) is 29.8. The number of aliphatic hydroxyl groups excluding tert-OH is 4. The average molecular weight is 370 g/mol. The molecule has 1 aliphatic rings. The first kappa shape index (κ1) is 20.2. The molecule has 1 heterocycles. The molecule has 1 aliphatic heterocycles. The van der Waals surface area contributed by atoms with Gasteiger partial charge in [0.05, 0.1) is 6.61 Å². The summed E-state index contributed by atoms with van der Waals surface area (Å²) < 4.78 is 5.34. The highest BCUT2D eigenvalue weighted by Crippen LogP contribution is 2.25. The number of nitrogens with one attached hydrogen (secondary N) is 1. The van der Waals surface area contributed by atoms with Gasteiger partial charge in [-0.05, 0) is 12.1 Å². The van der Waals surface area contributed by atoms with Crippen LogP contribution in [0.5, 0.6) is 0 Å². The molecule has 0 spiro atoms. The number of carbonyl (C=O) groups is 2. The first-order chi connectivity index (χ1) is 12.3. The Morgan fingerprint density at radius 1 is 1.15 bits per heavy atom. The van der Waals surface area contributed by atoms with Crippen molar-refractivity contribution < 1.29 is 39.9 Å². The zero-order valence-corrected chi connectivity index (χ0v) is 13.7. The Morgan fingerprint density at radius 2 is 1.81 bits per heavy atom. The first-order valence-electron chi connectivity index (χ1n) is 7.94. The van der Waals surface area contributed by atoms with Crippen LogP contribution in [-0.4, -0.2) is 80.6 Å². The third-order valence-corrected chi connectivity index (χ3v) is 4.14. The fraction of sp³-hybridized carbons (Fsp3) is 0.500. The highest BCUT2D eigenvalue weighted by molar-refractivity contribution is 6.03. The first-order valence-corrected chi connectivity index (χ1v) is 7.94. The van der Waals surface area contributed by atoms with E-state index in [0.717, 1.165) is 0 Å². The van der Waals surface area contributed by atoms with Crippen molar-refractivity contribution in [2.24, 2.45) is 5.73 Å². The van der Waals surface area contributed by atoms with Gasteiger partial charge in [-0.1, -0.05) is 12.1 Å². The number of hydrogen-bond acceptors (Lipinski definition) is 9. The minimum absolute atomic E-state index is 0.126. The fourth-order valence-corrected chi connectivity index (χ4v) is 2.62. The summed E-state index contributed by atoms with van der Waals surface area (Å²) in [4.78, 5) is 23.2. The van der Waals surface area contributed by atoms with Gasteiger partial charge in [-0.3, -0.25) is 9.59 Å². The molecule has 26 heavy (non-hydrogen) atoms. The second-order valence-electron chi connectivity index (χ2n) is 6.01. The van der Waals surface area contributed by atoms with Gasteiger partial charge in [0, 0.05) is 17.7 Å². The van der Waals surface area contributed by atoms with Gasteiger partial charge in [-0.2, -0.15) is 0 Å². The maximum atomic E-state index is 12.3. The molecule has 1 aromatic rings. The second-order valence-corrected chi connectivity index (χ2v) is 6.01. The zero-order chi connectivity index (χ0) is 19.4. The number of ether oxygens (including phenoxy) is 1. The summed E-state index contributed by atoms with van der Waals surface area (Å²) in [7, 11) is 0. The number of ketones is 1. The maximum Gasteiger partial charge on any atom is 0.320 e. The Bertz CT molecular complexity index is 653. The van der Waals surface area contributed by atoms with Crippen molar-refractivity contribution in [1.29, 1.82) is 0 Å². The van der Waals surface area contributed by atoms with Crippen LogP contribution in [0.3, 0.4) is 0 Å². The predicted molar refractivity (Wildman–Crippen MR) is 88.4 cm³/mol. The minimum Gasteiger partial charge on any atom is -0.480 e. The van der Waals surface area contributed by atoms with Gasteiger partial charge >= 0.3 is 5.97 Å². The smallest absolute Gasteiger partial charge is 0.320 e. The largest absolute Gasteiger partial charge is 0.480 e. The van der Waals surface area contributed by atoms with E-state index in [1.165, 1.54) is 12.1 Å². The Labute approximate surface area is 148 Å². The number of carboxylic acids is 1. The summed E-state index contributed by atoms with van der Waals surface area (Å²) in [6.45, 7) is -0.586. The Hall–Kier alpha value is -2.08. The average Bonchev–Trinajstić information content (AvgIpc) is 2.62. The van der Waals surface area contributed by atoms with Crippen LogP contribution in [0.15, 0.2) is 24.3 Å². The van der Waals surface area contributed by atoms with Crippen LogP contribution in [0, 0.1) is 0 Å². The predicted octanol–water partition coefficient (Wildman–Crippen LogP) is -2.12. The van der Waals surface area contributed by atoms with E-state index in [1.54, 1.807) is 12.1 Å². The summed E-state index contributed by atoms with van der Waals surface area (Å²) >= 11 is 0. The van der Waals surface area contributed by atoms with Crippen molar-refractivity contribution in [3.63, 3.8) is 0 Å². The number of carboxylic acid groups (broad SMARTS) is 1. The molecule has 0 aromatic heterocycles. The lowest BCUT2D eigenvalue weighted by Crippen LogP contribution is -2.60. The molecule has 2 rings (SSSR count). The molecular weight excluding hydrogens is 348 g/mol. The third-order valence-electron chi connectivity index (χ3n) is 4.14. The van der Waals surface area contributed by atoms with Gasteiger partial charge in [-0.25, -0.2) is 0 Å². The SMILES string of the molecule is NC(CC(=O)c1ccccc1NC1O[C@H](CO)[C@@H](O)[C@@H](O)[C@H]1O)C(=O)O. The highest BCUT2D eigenvalue weighted by Gasteiger charge is 2.43. The van der Waals surface area contributed by atoms with Crippen LogP contribution >= 0.6 is 0 Å². The van der Waals surface area contributed by atoms with Crippen molar-refractivity contribution in [1.82, 2.24) is 0 Å². The van der Waals surface area contributed by atoms with Gasteiger partial charge < -0.3 is 41.3 Å². The number of para-hydroxylation sites is 1. The molecule has 2 unspecified atom stereocenters. The van der Waals surface area contributed by atoms with E-state index in [9.17, 15) is 30.0 Å². The van der Waals surface area contributed by atoms with Crippen LogP contribution in [0.2, 0.25) is 0 Å². The number of aliphatic hydroxyl groups is 4. The van der Waals surface area contributed by atoms with Crippen LogP contribution in [0.4, 0.5) is 5.69 Å². The number of benzene rings is 1. The van der Waals surface area contributed by atoms with Gasteiger partial charge in [-0.15, -0.1) is 0 Å². The van der Waals surface area contributed by atoms with E-state index in [-0.39, 0.29) is 11.3 Å². The van der Waals surface area contributed by atoms with Crippen LogP contribution in [0.25, 0.3) is 0 Å². The van der Waals surface area contributed by atoms with E-state index in [2.05, 4.69) is 5.32 Å². The number of Topliss-reactive ketones (excluding diaryl/α,β-unsaturated/α-hetero) is 1. The van der Waals surface area contributed by atoms with E-state index in [0.29, 0.717) is 0 Å². The quantitative estimate of drug-likeness (QED) is 0.262. The van der Waals surface area contributed by atoms with Crippen molar-refractivity contribution >= 4 is 17.4 Å². The lowest BCUT2D eigenvalue weighted by molar-refractivity contribution is -0.221. The van der Waals surface area contributed by atoms with Crippen molar-refractivity contribution in [3.8, 4) is 0 Å². The number of anilines is 1. The molecule has 1 saturated heterocycles. The minimum atomic E-state index is -1.57. The molecule has 0 saturated carbocycles. The molecule has 1 fully saturated rings. The van der Waals surface area contributed by atoms with Gasteiger partial charge in [0.15, 0.2) is 12.0 Å². The molecule has 8 N–H and O–H groups in total. The molecule has 0 radical (unpaired) electrons. The zero-order valence-electron chi connectivity index (χ0n) is 13.7. The lowest BCUT2D eigenvalue weighted by Gasteiger charge is -2.40. The Balaban J connectivity index is 2.19. The summed E-state index contributed by atoms with van der Waals surface area (Å²) in [5.41, 5.74) is 5.73. The summed E-state index contributed by atoms with van der Waals surface area (Å²) in [5.74, 6) is -1.84. The van der Waals surface area contributed by atoms with E-state index >= 15 is 0 Å². The molecule has 10 nitrogen and oxygen atoms in total. The van der Waals surface area contributed by atoms with Crippen LogP contribution in [0.1, 0.15) is 16.8 Å². The second kappa shape index (κ2) is 8.54. The summed E-state index contributed by atoms with van der Waals surface area (Å²) in [6.07, 6.45) is -7.35. The Morgan fingerprint density at radius 3 is 2.42 bits per heavy atom. The molecule has 0 bridgehead atoms. The van der Waals surface area contributed by atoms with E-state index in [1.807, 2.05) is 0 Å². The topological polar surface area (TPSA) is 183 Å². The maximum absolute atomic E-state index is 12.3. The summed E-state index contributed by atoms with van der Waals surface area (Å²) in [6, 6.07) is 4.76. The fourth-order valence-electron chi connectivity index (χ4n) is 2.62. The van der Waals surface area contributed by atoms with Gasteiger partial charge in [0.25, 0.3) is 0 Å². The van der Waals surface area contributed by atoms with Gasteiger partial charge in [0.2, 0.25) is 0 Å². The number of rotatable bonds is 7. The molecule has 6 atom stereocenters. The Kier molecular flexibility index (Phi) is 6.64. The van der Waals surface area contributed by atoms with Crippen LogP contribution < -0.4 is 11.1 Å². The number of carbonyl (C=O) groups excluding carboxylic acids is 1.